The summed E-state index contributed by atoms with van der Waals surface area (Å²) in [6.07, 6.45) is 1.90. The normalized spacial score (nSPS) is 12.5. The van der Waals surface area contributed by atoms with Gasteiger partial charge in [-0.3, -0.25) is 4.98 Å². The lowest BCUT2D eigenvalue weighted by Gasteiger charge is -2.13. The molecule has 1 unspecified atom stereocenters. The van der Waals surface area contributed by atoms with Crippen LogP contribution in [0.4, 0.5) is 0 Å². The third-order valence-electron chi connectivity index (χ3n) is 6.25. The smallest absolute Gasteiger partial charge is 0.144 e. The molecule has 0 N–H and O–H groups in total. The third kappa shape index (κ3) is 2.91. The summed E-state index contributed by atoms with van der Waals surface area (Å²) in [5, 5.41) is 4.74. The fraction of sp³-hybridized carbons (Fsp3) is 0.0690. The zero-order valence-corrected chi connectivity index (χ0v) is 17.2. The van der Waals surface area contributed by atoms with E-state index in [2.05, 4.69) is 104 Å². The monoisotopic (exact) mass is 399 g/mol. The number of pyridine rings is 1. The van der Waals surface area contributed by atoms with Crippen molar-refractivity contribution in [3.8, 4) is 11.3 Å². The van der Waals surface area contributed by atoms with Crippen LogP contribution in [0.15, 0.2) is 108 Å². The second kappa shape index (κ2) is 7.10. The molecule has 31 heavy (non-hydrogen) atoms. The number of aromatic nitrogens is 1. The molecule has 2 nitrogen and oxygen atoms in total. The van der Waals surface area contributed by atoms with Crippen LogP contribution in [0.3, 0.4) is 0 Å². The number of benzene rings is 4. The van der Waals surface area contributed by atoms with Crippen molar-refractivity contribution in [1.82, 2.24) is 4.98 Å². The molecule has 2 heteroatoms. The Morgan fingerprint density at radius 1 is 0.710 bits per heavy atom. The summed E-state index contributed by atoms with van der Waals surface area (Å²) >= 11 is 0. The molecule has 2 aromatic heterocycles. The highest BCUT2D eigenvalue weighted by Crippen LogP contribution is 2.39. The molecule has 0 fully saturated rings. The van der Waals surface area contributed by atoms with Gasteiger partial charge < -0.3 is 4.42 Å². The molecule has 0 saturated carbocycles. The standard InChI is InChI=1S/C29H21NO/c1-19(20-8-3-2-4-9-20)22-16-17-30-26(18-22)24-12-7-13-25-28-23-11-6-5-10-21(23)14-15-27(28)31-29(24)25/h2-19H,1H3. The van der Waals surface area contributed by atoms with E-state index >= 15 is 0 Å². The average molecular weight is 399 g/mol. The van der Waals surface area contributed by atoms with Crippen LogP contribution >= 0.6 is 0 Å². The molecule has 0 aliphatic carbocycles. The Morgan fingerprint density at radius 2 is 1.52 bits per heavy atom. The minimum absolute atomic E-state index is 0.293. The maximum Gasteiger partial charge on any atom is 0.144 e. The molecule has 0 spiro atoms. The topological polar surface area (TPSA) is 26.0 Å². The van der Waals surface area contributed by atoms with E-state index in [4.69, 9.17) is 9.40 Å². The quantitative estimate of drug-likeness (QED) is 0.302. The fourth-order valence-electron chi connectivity index (χ4n) is 4.57. The molecule has 0 aliphatic heterocycles. The molecule has 0 aliphatic rings. The zero-order chi connectivity index (χ0) is 20.8. The molecule has 0 saturated heterocycles. The highest BCUT2D eigenvalue weighted by molar-refractivity contribution is 6.20. The first-order valence-corrected chi connectivity index (χ1v) is 10.6. The van der Waals surface area contributed by atoms with Crippen LogP contribution in [0.25, 0.3) is 44.0 Å². The number of para-hydroxylation sites is 1. The van der Waals surface area contributed by atoms with Gasteiger partial charge in [-0.25, -0.2) is 0 Å². The molecule has 0 radical (unpaired) electrons. The lowest BCUT2D eigenvalue weighted by molar-refractivity contribution is 0.670. The third-order valence-corrected chi connectivity index (χ3v) is 6.25. The second-order valence-electron chi connectivity index (χ2n) is 8.05. The van der Waals surface area contributed by atoms with Crippen LogP contribution in [-0.2, 0) is 0 Å². The number of hydrogen-bond acceptors (Lipinski definition) is 2. The van der Waals surface area contributed by atoms with Gasteiger partial charge in [-0.2, -0.15) is 0 Å². The van der Waals surface area contributed by atoms with Crippen molar-refractivity contribution in [2.75, 3.05) is 0 Å². The van der Waals surface area contributed by atoms with Gasteiger partial charge in [0.1, 0.15) is 11.2 Å². The van der Waals surface area contributed by atoms with Gasteiger partial charge in [0.25, 0.3) is 0 Å². The van der Waals surface area contributed by atoms with Gasteiger partial charge in [0.2, 0.25) is 0 Å². The van der Waals surface area contributed by atoms with Gasteiger partial charge in [-0.1, -0.05) is 79.7 Å². The molecule has 2 heterocycles. The fourth-order valence-corrected chi connectivity index (χ4v) is 4.57. The number of fused-ring (bicyclic) bond motifs is 5. The van der Waals surface area contributed by atoms with Gasteiger partial charge in [-0.05, 0) is 46.2 Å². The molecule has 6 aromatic rings. The summed E-state index contributed by atoms with van der Waals surface area (Å²) < 4.78 is 6.39. The molecule has 4 aromatic carbocycles. The number of furan rings is 1. The number of hydrogen-bond donors (Lipinski definition) is 0. The van der Waals surface area contributed by atoms with E-state index in [-0.39, 0.29) is 0 Å². The van der Waals surface area contributed by atoms with E-state index in [9.17, 15) is 0 Å². The second-order valence-corrected chi connectivity index (χ2v) is 8.05. The Balaban J connectivity index is 1.55. The van der Waals surface area contributed by atoms with Crippen molar-refractivity contribution in [2.45, 2.75) is 12.8 Å². The van der Waals surface area contributed by atoms with E-state index in [0.29, 0.717) is 5.92 Å². The van der Waals surface area contributed by atoms with E-state index in [1.165, 1.54) is 27.3 Å². The molecule has 1 atom stereocenters. The van der Waals surface area contributed by atoms with E-state index in [0.717, 1.165) is 27.8 Å². The first kappa shape index (κ1) is 17.9. The van der Waals surface area contributed by atoms with Crippen LogP contribution < -0.4 is 0 Å². The van der Waals surface area contributed by atoms with E-state index in [1.807, 2.05) is 6.20 Å². The predicted octanol–water partition coefficient (Wildman–Crippen LogP) is 7.95. The number of nitrogens with zero attached hydrogens (tertiary/aromatic N) is 1. The predicted molar refractivity (Wildman–Crippen MR) is 128 cm³/mol. The highest BCUT2D eigenvalue weighted by Gasteiger charge is 2.16. The Labute approximate surface area is 180 Å². The molecule has 0 bridgehead atoms. The maximum atomic E-state index is 6.39. The van der Waals surface area contributed by atoms with Crippen LogP contribution in [0, 0.1) is 0 Å². The van der Waals surface area contributed by atoms with Gasteiger partial charge in [0.05, 0.1) is 5.69 Å². The first-order chi connectivity index (χ1) is 15.3. The van der Waals surface area contributed by atoms with Crippen molar-refractivity contribution in [3.63, 3.8) is 0 Å². The molecule has 0 amide bonds. The van der Waals surface area contributed by atoms with Crippen molar-refractivity contribution in [2.24, 2.45) is 0 Å². The Morgan fingerprint density at radius 3 is 2.42 bits per heavy atom. The van der Waals surface area contributed by atoms with Crippen LogP contribution in [-0.4, -0.2) is 4.98 Å². The average Bonchev–Trinajstić information content (AvgIpc) is 3.23. The first-order valence-electron chi connectivity index (χ1n) is 10.6. The van der Waals surface area contributed by atoms with Gasteiger partial charge in [-0.15, -0.1) is 0 Å². The summed E-state index contributed by atoms with van der Waals surface area (Å²) in [6.45, 7) is 2.24. The lowest BCUT2D eigenvalue weighted by Crippen LogP contribution is -1.97. The molecular weight excluding hydrogens is 378 g/mol. The van der Waals surface area contributed by atoms with Crippen molar-refractivity contribution in [1.29, 1.82) is 0 Å². The summed E-state index contributed by atoms with van der Waals surface area (Å²) in [4.78, 5) is 4.71. The Kier molecular flexibility index (Phi) is 4.10. The number of rotatable bonds is 3. The maximum absolute atomic E-state index is 6.39. The minimum Gasteiger partial charge on any atom is -0.455 e. The van der Waals surface area contributed by atoms with E-state index < -0.39 is 0 Å². The zero-order valence-electron chi connectivity index (χ0n) is 17.2. The van der Waals surface area contributed by atoms with Crippen molar-refractivity contribution >= 4 is 32.7 Å². The Hall–Kier alpha value is -3.91. The highest BCUT2D eigenvalue weighted by atomic mass is 16.3. The Bertz CT molecular complexity index is 1550. The van der Waals surface area contributed by atoms with Crippen LogP contribution in [0.5, 0.6) is 0 Å². The van der Waals surface area contributed by atoms with Crippen molar-refractivity contribution < 1.29 is 4.42 Å². The lowest BCUT2D eigenvalue weighted by atomic mass is 9.92. The van der Waals surface area contributed by atoms with E-state index in [1.54, 1.807) is 0 Å². The summed E-state index contributed by atoms with van der Waals surface area (Å²) in [5.74, 6) is 0.293. The SMILES string of the molecule is CC(c1ccccc1)c1ccnc(-c2cccc3c2oc2ccc4ccccc4c23)c1. The largest absolute Gasteiger partial charge is 0.455 e. The van der Waals surface area contributed by atoms with Gasteiger partial charge in [0, 0.05) is 28.5 Å². The van der Waals surface area contributed by atoms with Gasteiger partial charge >= 0.3 is 0 Å². The molecular formula is C29H21NO. The summed E-state index contributed by atoms with van der Waals surface area (Å²) in [7, 11) is 0. The van der Waals surface area contributed by atoms with Gasteiger partial charge in [0.15, 0.2) is 0 Å². The van der Waals surface area contributed by atoms with Crippen LogP contribution in [0.2, 0.25) is 0 Å². The van der Waals surface area contributed by atoms with Crippen molar-refractivity contribution in [3.05, 3.63) is 114 Å². The molecule has 148 valence electrons. The minimum atomic E-state index is 0.293. The van der Waals surface area contributed by atoms with Crippen LogP contribution in [0.1, 0.15) is 24.0 Å². The molecule has 6 rings (SSSR count). The summed E-state index contributed by atoms with van der Waals surface area (Å²) in [6, 6.07) is 33.9. The summed E-state index contributed by atoms with van der Waals surface area (Å²) in [5.41, 5.74) is 6.32.